The highest BCUT2D eigenvalue weighted by molar-refractivity contribution is 5.40. The largest absolute Gasteiger partial charge is 0.496 e. The molecule has 2 saturated heterocycles. The molecular formula is C22H38N2O3+2. The Morgan fingerprint density at radius 2 is 1.89 bits per heavy atom. The fraction of sp³-hybridized carbons (Fsp3) is 0.727. The SMILES string of the molecule is COc1ccccc1[C@@]1(CC[NH2+]CC[NH+]2CCOCC2)CCOC(C)(C)C1. The van der Waals surface area contributed by atoms with Crippen LogP contribution in [-0.4, -0.2) is 65.3 Å². The summed E-state index contributed by atoms with van der Waals surface area (Å²) in [5, 5.41) is 2.50. The second kappa shape index (κ2) is 9.37. The van der Waals surface area contributed by atoms with Crippen LogP contribution >= 0.6 is 0 Å². The minimum Gasteiger partial charge on any atom is -0.496 e. The van der Waals surface area contributed by atoms with E-state index in [4.69, 9.17) is 14.2 Å². The number of benzene rings is 1. The minimum atomic E-state index is -0.0863. The molecule has 0 amide bonds. The van der Waals surface area contributed by atoms with Gasteiger partial charge in [0, 0.05) is 24.0 Å². The van der Waals surface area contributed by atoms with E-state index in [2.05, 4.69) is 43.4 Å². The van der Waals surface area contributed by atoms with E-state index in [0.29, 0.717) is 0 Å². The van der Waals surface area contributed by atoms with Gasteiger partial charge in [0.05, 0.1) is 32.5 Å². The smallest absolute Gasteiger partial charge is 0.127 e. The summed E-state index contributed by atoms with van der Waals surface area (Å²) in [5.74, 6) is 1.02. The quantitative estimate of drug-likeness (QED) is 0.644. The van der Waals surface area contributed by atoms with Gasteiger partial charge < -0.3 is 24.4 Å². The van der Waals surface area contributed by atoms with Gasteiger partial charge in [-0.25, -0.2) is 0 Å². The normalized spacial score (nSPS) is 26.0. The van der Waals surface area contributed by atoms with Gasteiger partial charge in [-0.1, -0.05) is 18.2 Å². The zero-order valence-electron chi connectivity index (χ0n) is 17.4. The Morgan fingerprint density at radius 3 is 2.63 bits per heavy atom. The first-order valence-corrected chi connectivity index (χ1v) is 10.6. The highest BCUT2D eigenvalue weighted by Crippen LogP contribution is 2.46. The first-order valence-electron chi connectivity index (χ1n) is 10.6. The van der Waals surface area contributed by atoms with Gasteiger partial charge in [-0.05, 0) is 32.8 Å². The van der Waals surface area contributed by atoms with Crippen LogP contribution in [-0.2, 0) is 14.9 Å². The Labute approximate surface area is 164 Å². The van der Waals surface area contributed by atoms with Gasteiger partial charge in [-0.15, -0.1) is 0 Å². The van der Waals surface area contributed by atoms with Crippen molar-refractivity contribution in [1.29, 1.82) is 0 Å². The molecule has 3 N–H and O–H groups in total. The monoisotopic (exact) mass is 378 g/mol. The van der Waals surface area contributed by atoms with Crippen molar-refractivity contribution in [3.63, 3.8) is 0 Å². The van der Waals surface area contributed by atoms with E-state index in [1.54, 1.807) is 12.0 Å². The molecule has 0 spiro atoms. The summed E-state index contributed by atoms with van der Waals surface area (Å²) >= 11 is 0. The lowest BCUT2D eigenvalue weighted by atomic mass is 9.67. The predicted octanol–water partition coefficient (Wildman–Crippen LogP) is 0.391. The molecule has 5 heteroatoms. The highest BCUT2D eigenvalue weighted by Gasteiger charge is 2.43. The predicted molar refractivity (Wildman–Crippen MR) is 107 cm³/mol. The van der Waals surface area contributed by atoms with E-state index in [0.717, 1.165) is 58.0 Å². The lowest BCUT2D eigenvalue weighted by molar-refractivity contribution is -0.919. The van der Waals surface area contributed by atoms with Crippen LogP contribution in [0, 0.1) is 0 Å². The van der Waals surface area contributed by atoms with Crippen LogP contribution in [0.3, 0.4) is 0 Å². The summed E-state index contributed by atoms with van der Waals surface area (Å²) in [4.78, 5) is 1.68. The van der Waals surface area contributed by atoms with Gasteiger partial charge in [-0.3, -0.25) is 0 Å². The number of rotatable bonds is 8. The van der Waals surface area contributed by atoms with Gasteiger partial charge in [0.15, 0.2) is 0 Å². The molecule has 0 aliphatic carbocycles. The summed E-state index contributed by atoms with van der Waals surface area (Å²) in [6.45, 7) is 13.0. The number of ether oxygens (including phenoxy) is 3. The lowest BCUT2D eigenvalue weighted by Crippen LogP contribution is -3.16. The summed E-state index contributed by atoms with van der Waals surface area (Å²) in [7, 11) is 1.79. The van der Waals surface area contributed by atoms with Crippen molar-refractivity contribution >= 4 is 0 Å². The molecule has 0 radical (unpaired) electrons. The van der Waals surface area contributed by atoms with Crippen molar-refractivity contribution in [2.24, 2.45) is 0 Å². The van der Waals surface area contributed by atoms with E-state index in [1.165, 1.54) is 25.1 Å². The molecule has 2 aliphatic rings. The van der Waals surface area contributed by atoms with Gasteiger partial charge >= 0.3 is 0 Å². The number of quaternary nitrogens is 2. The number of hydrogen-bond acceptors (Lipinski definition) is 3. The second-order valence-corrected chi connectivity index (χ2v) is 8.74. The van der Waals surface area contributed by atoms with Crippen LogP contribution in [0.25, 0.3) is 0 Å². The van der Waals surface area contributed by atoms with E-state index < -0.39 is 0 Å². The third kappa shape index (κ3) is 5.44. The molecule has 27 heavy (non-hydrogen) atoms. The Kier molecular flexibility index (Phi) is 7.15. The molecule has 5 nitrogen and oxygen atoms in total. The number of nitrogens with two attached hydrogens (primary N) is 1. The summed E-state index contributed by atoms with van der Waals surface area (Å²) in [6.07, 6.45) is 3.28. The highest BCUT2D eigenvalue weighted by atomic mass is 16.5. The maximum atomic E-state index is 6.06. The van der Waals surface area contributed by atoms with Gasteiger partial charge in [0.2, 0.25) is 0 Å². The van der Waals surface area contributed by atoms with Crippen LogP contribution in [0.4, 0.5) is 0 Å². The minimum absolute atomic E-state index is 0.0863. The third-order valence-corrected chi connectivity index (χ3v) is 6.24. The Balaban J connectivity index is 1.62. The average Bonchev–Trinajstić information content (AvgIpc) is 2.68. The first-order chi connectivity index (χ1) is 13.0. The third-order valence-electron chi connectivity index (χ3n) is 6.24. The van der Waals surface area contributed by atoms with E-state index in [-0.39, 0.29) is 11.0 Å². The second-order valence-electron chi connectivity index (χ2n) is 8.74. The van der Waals surface area contributed by atoms with Crippen molar-refractivity contribution in [2.45, 2.75) is 44.1 Å². The maximum absolute atomic E-state index is 6.06. The summed E-state index contributed by atoms with van der Waals surface area (Å²) < 4.78 is 17.2. The molecule has 1 aromatic carbocycles. The molecule has 3 rings (SSSR count). The molecule has 2 heterocycles. The fourth-order valence-corrected chi connectivity index (χ4v) is 4.88. The molecule has 0 bridgehead atoms. The van der Waals surface area contributed by atoms with Crippen LogP contribution in [0.1, 0.15) is 38.7 Å². The van der Waals surface area contributed by atoms with E-state index in [1.807, 2.05) is 0 Å². The van der Waals surface area contributed by atoms with Gasteiger partial charge in [-0.2, -0.15) is 0 Å². The molecule has 0 aromatic heterocycles. The van der Waals surface area contributed by atoms with Crippen molar-refractivity contribution in [3.05, 3.63) is 29.8 Å². The number of methoxy groups -OCH3 is 1. The molecule has 2 aliphatic heterocycles. The molecular weight excluding hydrogens is 340 g/mol. The Hall–Kier alpha value is -1.14. The van der Waals surface area contributed by atoms with Crippen molar-refractivity contribution in [3.8, 4) is 5.75 Å². The number of hydrogen-bond donors (Lipinski definition) is 2. The van der Waals surface area contributed by atoms with Crippen molar-refractivity contribution in [1.82, 2.24) is 0 Å². The maximum Gasteiger partial charge on any atom is 0.127 e. The van der Waals surface area contributed by atoms with Crippen molar-refractivity contribution in [2.75, 3.05) is 59.7 Å². The number of para-hydroxylation sites is 1. The van der Waals surface area contributed by atoms with Gasteiger partial charge in [0.25, 0.3) is 0 Å². The average molecular weight is 379 g/mol. The van der Waals surface area contributed by atoms with Crippen LogP contribution < -0.4 is 15.0 Å². The topological polar surface area (TPSA) is 48.7 Å². The van der Waals surface area contributed by atoms with E-state index in [9.17, 15) is 0 Å². The number of morpholine rings is 1. The Morgan fingerprint density at radius 1 is 1.11 bits per heavy atom. The standard InChI is InChI=1S/C22H36N2O3/c1-21(2)18-22(9-15-27-21,19-6-4-5-7-20(19)25-3)8-10-23-11-12-24-13-16-26-17-14-24/h4-7,23H,8-18H2,1-3H3/p+2/t22-/m0/s1. The lowest BCUT2D eigenvalue weighted by Gasteiger charge is -2.45. The van der Waals surface area contributed by atoms with E-state index >= 15 is 0 Å². The Bertz CT molecular complexity index is 587. The molecule has 0 saturated carbocycles. The van der Waals surface area contributed by atoms with Crippen LogP contribution in [0.2, 0.25) is 0 Å². The summed E-state index contributed by atoms with van der Waals surface area (Å²) in [5.41, 5.74) is 1.41. The van der Waals surface area contributed by atoms with Gasteiger partial charge in [0.1, 0.15) is 31.9 Å². The first kappa shape index (κ1) is 20.6. The van der Waals surface area contributed by atoms with Crippen molar-refractivity contribution < 1.29 is 24.4 Å². The molecule has 2 fully saturated rings. The zero-order chi connectivity index (χ0) is 19.2. The zero-order valence-corrected chi connectivity index (χ0v) is 17.4. The molecule has 152 valence electrons. The number of nitrogens with one attached hydrogen (secondary N) is 1. The summed E-state index contributed by atoms with van der Waals surface area (Å²) in [6, 6.07) is 8.58. The molecule has 1 aromatic rings. The molecule has 0 unspecified atom stereocenters. The molecule has 1 atom stereocenters. The van der Waals surface area contributed by atoms with Crippen LogP contribution in [0.5, 0.6) is 5.75 Å². The van der Waals surface area contributed by atoms with Crippen LogP contribution in [0.15, 0.2) is 24.3 Å². The fourth-order valence-electron chi connectivity index (χ4n) is 4.88.